The van der Waals surface area contributed by atoms with E-state index in [4.69, 9.17) is 4.74 Å². The Bertz CT molecular complexity index is 612. The smallest absolute Gasteiger partial charge is 0.224 e. The van der Waals surface area contributed by atoms with E-state index in [9.17, 15) is 4.79 Å². The van der Waals surface area contributed by atoms with Gasteiger partial charge in [-0.15, -0.1) is 0 Å². The lowest BCUT2D eigenvalue weighted by Gasteiger charge is -2.12. The van der Waals surface area contributed by atoms with Gasteiger partial charge in [-0.2, -0.15) is 0 Å². The summed E-state index contributed by atoms with van der Waals surface area (Å²) in [5.74, 6) is 0.934. The fraction of sp³-hybridized carbons (Fsp3) is 0.316. The normalized spacial score (nSPS) is 10.3. The van der Waals surface area contributed by atoms with E-state index in [0.29, 0.717) is 19.6 Å². The third kappa shape index (κ3) is 4.62. The number of benzene rings is 2. The molecule has 0 aliphatic rings. The number of carbonyl (C=O) groups is 1. The van der Waals surface area contributed by atoms with Crippen molar-refractivity contribution in [3.8, 4) is 5.75 Å². The average Bonchev–Trinajstić information content (AvgIpc) is 2.48. The Morgan fingerprint density at radius 1 is 1.00 bits per heavy atom. The predicted octanol–water partition coefficient (Wildman–Crippen LogP) is 3.35. The van der Waals surface area contributed by atoms with Gasteiger partial charge in [-0.05, 0) is 37.5 Å². The number of hydrogen-bond acceptors (Lipinski definition) is 2. The average molecular weight is 297 g/mol. The van der Waals surface area contributed by atoms with Gasteiger partial charge in [0.1, 0.15) is 12.4 Å². The van der Waals surface area contributed by atoms with Crippen molar-refractivity contribution in [2.45, 2.75) is 27.2 Å². The number of para-hydroxylation sites is 1. The molecule has 0 aliphatic heterocycles. The Morgan fingerprint density at radius 3 is 2.27 bits per heavy atom. The summed E-state index contributed by atoms with van der Waals surface area (Å²) in [6.07, 6.45) is 0.406. The first-order valence-electron chi connectivity index (χ1n) is 7.57. The molecule has 0 unspecified atom stereocenters. The zero-order chi connectivity index (χ0) is 15.9. The lowest BCUT2D eigenvalue weighted by Crippen LogP contribution is -2.29. The third-order valence-corrected chi connectivity index (χ3v) is 3.56. The second-order valence-electron chi connectivity index (χ2n) is 5.58. The molecule has 0 spiro atoms. The quantitative estimate of drug-likeness (QED) is 0.830. The van der Waals surface area contributed by atoms with Crippen LogP contribution in [0.25, 0.3) is 0 Å². The number of rotatable bonds is 6. The predicted molar refractivity (Wildman–Crippen MR) is 89.3 cm³/mol. The lowest BCUT2D eigenvalue weighted by atomic mass is 10.1. The molecule has 0 aromatic heterocycles. The molecular weight excluding hydrogens is 274 g/mol. The summed E-state index contributed by atoms with van der Waals surface area (Å²) in [7, 11) is 0. The molecule has 2 aromatic rings. The molecule has 1 amide bonds. The number of nitrogens with one attached hydrogen (secondary N) is 1. The number of ether oxygens (including phenoxy) is 1. The maximum Gasteiger partial charge on any atom is 0.224 e. The van der Waals surface area contributed by atoms with Crippen molar-refractivity contribution in [3.63, 3.8) is 0 Å². The molecule has 2 rings (SSSR count). The van der Waals surface area contributed by atoms with Gasteiger partial charge in [0.15, 0.2) is 0 Å². The van der Waals surface area contributed by atoms with Crippen LogP contribution in [0.3, 0.4) is 0 Å². The number of hydrogen-bond donors (Lipinski definition) is 1. The summed E-state index contributed by atoms with van der Waals surface area (Å²) in [4.78, 5) is 11.9. The van der Waals surface area contributed by atoms with Crippen LogP contribution in [-0.2, 0) is 11.2 Å². The van der Waals surface area contributed by atoms with Gasteiger partial charge in [0, 0.05) is 0 Å². The van der Waals surface area contributed by atoms with Gasteiger partial charge >= 0.3 is 0 Å². The van der Waals surface area contributed by atoms with Gasteiger partial charge in [0.2, 0.25) is 5.91 Å². The Labute approximate surface area is 132 Å². The van der Waals surface area contributed by atoms with E-state index < -0.39 is 0 Å². The standard InChI is InChI=1S/C19H23NO2/c1-14-7-9-17(10-8-14)13-18(21)20-11-12-22-19-15(2)5-4-6-16(19)3/h4-10H,11-13H2,1-3H3,(H,20,21). The van der Waals surface area contributed by atoms with E-state index in [-0.39, 0.29) is 5.91 Å². The van der Waals surface area contributed by atoms with E-state index in [1.807, 2.05) is 63.2 Å². The fourth-order valence-electron chi connectivity index (χ4n) is 2.32. The second kappa shape index (κ2) is 7.64. The monoisotopic (exact) mass is 297 g/mol. The largest absolute Gasteiger partial charge is 0.491 e. The van der Waals surface area contributed by atoms with Gasteiger partial charge in [0.05, 0.1) is 13.0 Å². The summed E-state index contributed by atoms with van der Waals surface area (Å²) < 4.78 is 5.77. The molecule has 0 heterocycles. The first kappa shape index (κ1) is 16.1. The van der Waals surface area contributed by atoms with Crippen LogP contribution in [0.1, 0.15) is 22.3 Å². The maximum atomic E-state index is 11.9. The molecule has 22 heavy (non-hydrogen) atoms. The molecule has 0 aliphatic carbocycles. The molecule has 3 heteroatoms. The molecule has 0 radical (unpaired) electrons. The van der Waals surface area contributed by atoms with E-state index in [1.54, 1.807) is 0 Å². The van der Waals surface area contributed by atoms with Crippen molar-refractivity contribution >= 4 is 5.91 Å². The molecule has 3 nitrogen and oxygen atoms in total. The van der Waals surface area contributed by atoms with E-state index >= 15 is 0 Å². The lowest BCUT2D eigenvalue weighted by molar-refractivity contribution is -0.120. The van der Waals surface area contributed by atoms with Crippen LogP contribution in [-0.4, -0.2) is 19.1 Å². The van der Waals surface area contributed by atoms with Gasteiger partial charge in [-0.3, -0.25) is 4.79 Å². The summed E-state index contributed by atoms with van der Waals surface area (Å²) in [6.45, 7) is 7.08. The summed E-state index contributed by atoms with van der Waals surface area (Å²) in [5.41, 5.74) is 4.46. The summed E-state index contributed by atoms with van der Waals surface area (Å²) in [6, 6.07) is 14.1. The highest BCUT2D eigenvalue weighted by atomic mass is 16.5. The highest BCUT2D eigenvalue weighted by Gasteiger charge is 2.05. The van der Waals surface area contributed by atoms with Gasteiger partial charge in [0.25, 0.3) is 0 Å². The molecule has 2 aromatic carbocycles. The topological polar surface area (TPSA) is 38.3 Å². The Balaban J connectivity index is 1.74. The second-order valence-corrected chi connectivity index (χ2v) is 5.58. The molecule has 116 valence electrons. The van der Waals surface area contributed by atoms with Crippen LogP contribution < -0.4 is 10.1 Å². The summed E-state index contributed by atoms with van der Waals surface area (Å²) in [5, 5.41) is 2.89. The number of carbonyl (C=O) groups excluding carboxylic acids is 1. The highest BCUT2D eigenvalue weighted by molar-refractivity contribution is 5.78. The molecule has 0 saturated carbocycles. The Kier molecular flexibility index (Phi) is 5.59. The minimum Gasteiger partial charge on any atom is -0.491 e. The van der Waals surface area contributed by atoms with Crippen molar-refractivity contribution in [2.75, 3.05) is 13.2 Å². The SMILES string of the molecule is Cc1ccc(CC(=O)NCCOc2c(C)cccc2C)cc1. The van der Waals surface area contributed by atoms with Gasteiger partial charge in [-0.1, -0.05) is 48.0 Å². The Morgan fingerprint density at radius 2 is 1.64 bits per heavy atom. The number of amides is 1. The van der Waals surface area contributed by atoms with Crippen LogP contribution in [0, 0.1) is 20.8 Å². The van der Waals surface area contributed by atoms with E-state index in [1.165, 1.54) is 5.56 Å². The van der Waals surface area contributed by atoms with Gasteiger partial charge < -0.3 is 10.1 Å². The van der Waals surface area contributed by atoms with Crippen molar-refractivity contribution in [3.05, 3.63) is 64.7 Å². The van der Waals surface area contributed by atoms with E-state index in [2.05, 4.69) is 5.32 Å². The maximum absolute atomic E-state index is 11.9. The zero-order valence-corrected chi connectivity index (χ0v) is 13.5. The first-order valence-corrected chi connectivity index (χ1v) is 7.57. The van der Waals surface area contributed by atoms with Crippen LogP contribution in [0.5, 0.6) is 5.75 Å². The molecule has 0 atom stereocenters. The zero-order valence-electron chi connectivity index (χ0n) is 13.5. The molecule has 0 bridgehead atoms. The highest BCUT2D eigenvalue weighted by Crippen LogP contribution is 2.21. The van der Waals surface area contributed by atoms with Crippen molar-refractivity contribution in [1.82, 2.24) is 5.32 Å². The van der Waals surface area contributed by atoms with Crippen molar-refractivity contribution in [1.29, 1.82) is 0 Å². The molecular formula is C19H23NO2. The minimum absolute atomic E-state index is 0.0222. The number of aryl methyl sites for hydroxylation is 3. The van der Waals surface area contributed by atoms with Crippen molar-refractivity contribution in [2.24, 2.45) is 0 Å². The van der Waals surface area contributed by atoms with Crippen LogP contribution >= 0.6 is 0 Å². The van der Waals surface area contributed by atoms with Crippen LogP contribution in [0.2, 0.25) is 0 Å². The van der Waals surface area contributed by atoms with Crippen LogP contribution in [0.15, 0.2) is 42.5 Å². The summed E-state index contributed by atoms with van der Waals surface area (Å²) >= 11 is 0. The molecule has 0 saturated heterocycles. The first-order chi connectivity index (χ1) is 10.6. The molecule has 1 N–H and O–H groups in total. The Hall–Kier alpha value is -2.29. The van der Waals surface area contributed by atoms with Gasteiger partial charge in [-0.25, -0.2) is 0 Å². The third-order valence-electron chi connectivity index (χ3n) is 3.56. The van der Waals surface area contributed by atoms with E-state index in [0.717, 1.165) is 22.4 Å². The fourth-order valence-corrected chi connectivity index (χ4v) is 2.32. The van der Waals surface area contributed by atoms with Crippen molar-refractivity contribution < 1.29 is 9.53 Å². The molecule has 0 fully saturated rings. The minimum atomic E-state index is 0.0222. The van der Waals surface area contributed by atoms with Crippen LogP contribution in [0.4, 0.5) is 0 Å².